The number of hydrogen-bond acceptors (Lipinski definition) is 3. The normalized spacial score (nSPS) is 22.4. The van der Waals surface area contributed by atoms with Gasteiger partial charge in [-0.3, -0.25) is 9.59 Å². The Balaban J connectivity index is 2.21. The number of carboxylic acid groups (broad SMARTS) is 1. The maximum absolute atomic E-state index is 11.6. The number of carbonyl (C=O) groups is 2. The first-order chi connectivity index (χ1) is 8.04. The lowest BCUT2D eigenvalue weighted by atomic mass is 10.0. The third-order valence-electron chi connectivity index (χ3n) is 3.36. The van der Waals surface area contributed by atoms with Crippen LogP contribution < -0.4 is 5.32 Å². The number of aliphatic carboxylic acids is 1. The standard InChI is InChI=1S/C12H22N2O3/c1-3-10(12(16)17)11(15)13-6-4-9-5-7-14(2)8-9/h9-10H,3-8H2,1-2H3,(H,13,15)(H,16,17). The third kappa shape index (κ3) is 4.34. The Morgan fingerprint density at radius 2 is 2.24 bits per heavy atom. The molecule has 0 aromatic rings. The van der Waals surface area contributed by atoms with Gasteiger partial charge in [0, 0.05) is 13.1 Å². The van der Waals surface area contributed by atoms with E-state index in [-0.39, 0.29) is 5.91 Å². The van der Waals surface area contributed by atoms with Gasteiger partial charge < -0.3 is 15.3 Å². The maximum atomic E-state index is 11.6. The van der Waals surface area contributed by atoms with E-state index in [4.69, 9.17) is 5.11 Å². The topological polar surface area (TPSA) is 69.6 Å². The van der Waals surface area contributed by atoms with Crippen molar-refractivity contribution in [3.05, 3.63) is 0 Å². The molecule has 1 rings (SSSR count). The molecule has 1 fully saturated rings. The SMILES string of the molecule is CCC(C(=O)O)C(=O)NCCC1CCN(C)C1. The maximum Gasteiger partial charge on any atom is 0.316 e. The summed E-state index contributed by atoms with van der Waals surface area (Å²) in [5.41, 5.74) is 0. The Bertz CT molecular complexity index is 281. The second-order valence-corrected chi connectivity index (χ2v) is 4.80. The Morgan fingerprint density at radius 3 is 2.71 bits per heavy atom. The minimum absolute atomic E-state index is 0.341. The molecule has 5 heteroatoms. The lowest BCUT2D eigenvalue weighted by molar-refractivity contribution is -0.147. The number of carbonyl (C=O) groups excluding carboxylic acids is 1. The smallest absolute Gasteiger partial charge is 0.316 e. The lowest BCUT2D eigenvalue weighted by Gasteiger charge is -2.13. The van der Waals surface area contributed by atoms with E-state index in [1.54, 1.807) is 6.92 Å². The van der Waals surface area contributed by atoms with Crippen LogP contribution in [0.15, 0.2) is 0 Å². The minimum Gasteiger partial charge on any atom is -0.481 e. The zero-order chi connectivity index (χ0) is 12.8. The van der Waals surface area contributed by atoms with Crippen molar-refractivity contribution in [2.24, 2.45) is 11.8 Å². The molecule has 0 saturated carbocycles. The predicted octanol–water partition coefficient (Wildman–Crippen LogP) is 0.555. The molecule has 1 aliphatic rings. The number of rotatable bonds is 6. The van der Waals surface area contributed by atoms with E-state index < -0.39 is 11.9 Å². The van der Waals surface area contributed by atoms with Gasteiger partial charge in [0.15, 0.2) is 0 Å². The molecule has 0 aliphatic carbocycles. The van der Waals surface area contributed by atoms with Gasteiger partial charge in [-0.25, -0.2) is 0 Å². The fourth-order valence-corrected chi connectivity index (χ4v) is 2.26. The average molecular weight is 242 g/mol. The van der Waals surface area contributed by atoms with Crippen LogP contribution in [0, 0.1) is 11.8 Å². The van der Waals surface area contributed by atoms with Crippen LogP contribution in [0.1, 0.15) is 26.2 Å². The number of nitrogens with zero attached hydrogens (tertiary/aromatic N) is 1. The monoisotopic (exact) mass is 242 g/mol. The molecule has 1 saturated heterocycles. The van der Waals surface area contributed by atoms with E-state index in [1.165, 1.54) is 6.42 Å². The van der Waals surface area contributed by atoms with Gasteiger partial charge in [0.2, 0.25) is 5.91 Å². The van der Waals surface area contributed by atoms with Crippen LogP contribution in [0.25, 0.3) is 0 Å². The van der Waals surface area contributed by atoms with Crippen LogP contribution in [-0.2, 0) is 9.59 Å². The molecule has 2 atom stereocenters. The largest absolute Gasteiger partial charge is 0.481 e. The van der Waals surface area contributed by atoms with Crippen molar-refractivity contribution >= 4 is 11.9 Å². The van der Waals surface area contributed by atoms with E-state index >= 15 is 0 Å². The highest BCUT2D eigenvalue weighted by Crippen LogP contribution is 2.17. The van der Waals surface area contributed by atoms with Gasteiger partial charge in [-0.15, -0.1) is 0 Å². The van der Waals surface area contributed by atoms with Crippen LogP contribution in [0.4, 0.5) is 0 Å². The van der Waals surface area contributed by atoms with Gasteiger partial charge >= 0.3 is 5.97 Å². The molecule has 1 amide bonds. The summed E-state index contributed by atoms with van der Waals surface area (Å²) in [6.45, 7) is 4.49. The minimum atomic E-state index is -1.04. The van der Waals surface area contributed by atoms with Gasteiger partial charge in [0.25, 0.3) is 0 Å². The fourth-order valence-electron chi connectivity index (χ4n) is 2.26. The highest BCUT2D eigenvalue weighted by molar-refractivity contribution is 5.96. The highest BCUT2D eigenvalue weighted by Gasteiger charge is 2.24. The number of likely N-dealkylation sites (tertiary alicyclic amines) is 1. The summed E-state index contributed by atoms with van der Waals surface area (Å²) in [5.74, 6) is -1.66. The Labute approximate surface area is 102 Å². The second kappa shape index (κ2) is 6.59. The van der Waals surface area contributed by atoms with E-state index in [1.807, 2.05) is 0 Å². The van der Waals surface area contributed by atoms with E-state index in [0.29, 0.717) is 18.9 Å². The van der Waals surface area contributed by atoms with E-state index in [0.717, 1.165) is 19.5 Å². The van der Waals surface area contributed by atoms with Crippen LogP contribution in [0.2, 0.25) is 0 Å². The van der Waals surface area contributed by atoms with Gasteiger partial charge in [-0.2, -0.15) is 0 Å². The highest BCUT2D eigenvalue weighted by atomic mass is 16.4. The van der Waals surface area contributed by atoms with Gasteiger partial charge in [0.05, 0.1) is 0 Å². The molecule has 0 spiro atoms. The summed E-state index contributed by atoms with van der Waals surface area (Å²) in [6.07, 6.45) is 2.45. The summed E-state index contributed by atoms with van der Waals surface area (Å²) < 4.78 is 0. The Morgan fingerprint density at radius 1 is 1.53 bits per heavy atom. The average Bonchev–Trinajstić information content (AvgIpc) is 2.64. The Kier molecular flexibility index (Phi) is 5.41. The molecule has 1 aliphatic heterocycles. The van der Waals surface area contributed by atoms with Gasteiger partial charge in [-0.1, -0.05) is 6.92 Å². The van der Waals surface area contributed by atoms with Crippen molar-refractivity contribution in [2.75, 3.05) is 26.7 Å². The molecule has 5 nitrogen and oxygen atoms in total. The first-order valence-electron chi connectivity index (χ1n) is 6.23. The molecule has 0 aromatic carbocycles. The van der Waals surface area contributed by atoms with Crippen LogP contribution >= 0.6 is 0 Å². The molecule has 98 valence electrons. The van der Waals surface area contributed by atoms with Crippen LogP contribution in [0.5, 0.6) is 0 Å². The van der Waals surface area contributed by atoms with Crippen LogP contribution in [0.3, 0.4) is 0 Å². The van der Waals surface area contributed by atoms with Crippen LogP contribution in [-0.4, -0.2) is 48.6 Å². The molecule has 17 heavy (non-hydrogen) atoms. The number of nitrogens with one attached hydrogen (secondary N) is 1. The molecule has 1 heterocycles. The Hall–Kier alpha value is -1.10. The summed E-state index contributed by atoms with van der Waals surface area (Å²) >= 11 is 0. The van der Waals surface area contributed by atoms with Crippen molar-refractivity contribution in [1.82, 2.24) is 10.2 Å². The first kappa shape index (κ1) is 14.0. The first-order valence-corrected chi connectivity index (χ1v) is 6.23. The number of carboxylic acids is 1. The summed E-state index contributed by atoms with van der Waals surface area (Å²) in [6, 6.07) is 0. The predicted molar refractivity (Wildman–Crippen MR) is 64.6 cm³/mol. The molecule has 0 radical (unpaired) electrons. The summed E-state index contributed by atoms with van der Waals surface area (Å²) in [4.78, 5) is 24.6. The lowest BCUT2D eigenvalue weighted by Crippen LogP contribution is -2.36. The second-order valence-electron chi connectivity index (χ2n) is 4.80. The molecule has 0 bridgehead atoms. The van der Waals surface area contributed by atoms with Crippen molar-refractivity contribution in [3.8, 4) is 0 Å². The fraction of sp³-hybridized carbons (Fsp3) is 0.833. The van der Waals surface area contributed by atoms with E-state index in [9.17, 15) is 9.59 Å². The molecule has 2 N–H and O–H groups in total. The third-order valence-corrected chi connectivity index (χ3v) is 3.36. The number of amides is 1. The zero-order valence-corrected chi connectivity index (χ0v) is 10.6. The molecule has 2 unspecified atom stereocenters. The van der Waals surface area contributed by atoms with Crippen molar-refractivity contribution in [2.45, 2.75) is 26.2 Å². The van der Waals surface area contributed by atoms with Gasteiger partial charge in [0.1, 0.15) is 5.92 Å². The number of hydrogen-bond donors (Lipinski definition) is 2. The van der Waals surface area contributed by atoms with Crippen molar-refractivity contribution in [1.29, 1.82) is 0 Å². The molecule has 0 aromatic heterocycles. The van der Waals surface area contributed by atoms with Gasteiger partial charge in [-0.05, 0) is 38.8 Å². The van der Waals surface area contributed by atoms with Crippen molar-refractivity contribution < 1.29 is 14.7 Å². The molecular formula is C12H22N2O3. The van der Waals surface area contributed by atoms with E-state index in [2.05, 4.69) is 17.3 Å². The molecular weight excluding hydrogens is 220 g/mol. The quantitative estimate of drug-likeness (QED) is 0.668. The summed E-state index contributed by atoms with van der Waals surface area (Å²) in [7, 11) is 2.09. The van der Waals surface area contributed by atoms with Crippen molar-refractivity contribution in [3.63, 3.8) is 0 Å². The zero-order valence-electron chi connectivity index (χ0n) is 10.6. The summed E-state index contributed by atoms with van der Waals surface area (Å²) in [5, 5.41) is 11.5.